The van der Waals surface area contributed by atoms with Crippen molar-refractivity contribution >= 4 is 23.2 Å². The van der Waals surface area contributed by atoms with Crippen LogP contribution in [-0.4, -0.2) is 56.9 Å². The Hall–Kier alpha value is -3.07. The fourth-order valence-electron chi connectivity index (χ4n) is 3.61. The highest BCUT2D eigenvalue weighted by Crippen LogP contribution is 2.21. The van der Waals surface area contributed by atoms with Crippen LogP contribution in [0.4, 0.5) is 11.6 Å². The van der Waals surface area contributed by atoms with E-state index in [0.29, 0.717) is 11.7 Å². The van der Waals surface area contributed by atoms with Gasteiger partial charge in [0, 0.05) is 19.3 Å². The summed E-state index contributed by atoms with van der Waals surface area (Å²) >= 11 is 0. The summed E-state index contributed by atoms with van der Waals surface area (Å²) in [5.41, 5.74) is 2.68. The van der Waals surface area contributed by atoms with E-state index in [9.17, 15) is 4.79 Å². The number of carbonyl (C=O) groups excluding carboxylic acids is 1. The number of nitrogens with one attached hydrogen (secondary N) is 2. The van der Waals surface area contributed by atoms with E-state index in [0.717, 1.165) is 48.9 Å². The van der Waals surface area contributed by atoms with Gasteiger partial charge in [0.2, 0.25) is 0 Å². The van der Waals surface area contributed by atoms with Crippen LogP contribution >= 0.6 is 0 Å². The van der Waals surface area contributed by atoms with Crippen LogP contribution in [0.1, 0.15) is 28.3 Å². The molecular weight excluding hydrogens is 356 g/mol. The topological polar surface area (TPSA) is 100 Å². The molecule has 0 unspecified atom stereocenters. The van der Waals surface area contributed by atoms with Gasteiger partial charge in [-0.1, -0.05) is 0 Å². The molecule has 0 spiro atoms. The zero-order chi connectivity index (χ0) is 19.7. The van der Waals surface area contributed by atoms with Crippen LogP contribution in [0.25, 0.3) is 5.65 Å². The van der Waals surface area contributed by atoms with Gasteiger partial charge in [-0.25, -0.2) is 19.9 Å². The predicted molar refractivity (Wildman–Crippen MR) is 107 cm³/mol. The molecule has 0 aliphatic carbocycles. The van der Waals surface area contributed by atoms with Gasteiger partial charge in [-0.05, 0) is 39.8 Å². The first kappa shape index (κ1) is 18.3. The number of amides is 1. The van der Waals surface area contributed by atoms with E-state index in [-0.39, 0.29) is 11.6 Å². The first-order valence-electron chi connectivity index (χ1n) is 9.39. The predicted octanol–water partition coefficient (Wildman–Crippen LogP) is 1.43. The highest BCUT2D eigenvalue weighted by molar-refractivity contribution is 6.02. The lowest BCUT2D eigenvalue weighted by Gasteiger charge is -2.17. The van der Waals surface area contributed by atoms with E-state index < -0.39 is 0 Å². The highest BCUT2D eigenvalue weighted by Gasteiger charge is 2.23. The van der Waals surface area contributed by atoms with Crippen LogP contribution in [0.5, 0.6) is 0 Å². The van der Waals surface area contributed by atoms with Crippen molar-refractivity contribution in [3.8, 4) is 0 Å². The number of imidazole rings is 1. The van der Waals surface area contributed by atoms with Gasteiger partial charge in [0.05, 0.1) is 30.0 Å². The second kappa shape index (κ2) is 7.51. The summed E-state index contributed by atoms with van der Waals surface area (Å²) in [6, 6.07) is 0. The van der Waals surface area contributed by atoms with Gasteiger partial charge in [-0.3, -0.25) is 4.79 Å². The lowest BCUT2D eigenvalue weighted by Crippen LogP contribution is -2.25. The number of carbonyl (C=O) groups is 1. The fraction of sp³-hybridized carbons (Fsp3) is 0.421. The molecular formula is C19H24N8O. The standard InChI is InChI=1S/C19H24N8O/c1-12-9-27-11-16(24-13(2)18(27)23-12)25-19(28)15-7-22-17(8-21-15)26-5-4-14(10-26)6-20-3/h7-9,11,14,20H,4-6,10H2,1-3H3,(H,25,28)/t14-/m1/s1. The normalized spacial score (nSPS) is 16.7. The molecule has 0 saturated carbocycles. The Bertz CT molecular complexity index is 997. The third-order valence-electron chi connectivity index (χ3n) is 4.94. The van der Waals surface area contributed by atoms with E-state index in [1.165, 1.54) is 6.20 Å². The lowest BCUT2D eigenvalue weighted by molar-refractivity contribution is 0.102. The largest absolute Gasteiger partial charge is 0.355 e. The SMILES string of the molecule is CNC[C@H]1CCN(c2cnc(C(=O)Nc3cn4cc(C)nc4c(C)n3)cn2)C1. The van der Waals surface area contributed by atoms with Crippen molar-refractivity contribution < 1.29 is 4.79 Å². The molecule has 9 heteroatoms. The van der Waals surface area contributed by atoms with Crippen molar-refractivity contribution in [3.05, 3.63) is 41.9 Å². The Kier molecular flexibility index (Phi) is 4.91. The molecule has 0 bridgehead atoms. The molecule has 1 aliphatic rings. The minimum atomic E-state index is -0.336. The minimum absolute atomic E-state index is 0.260. The van der Waals surface area contributed by atoms with Crippen molar-refractivity contribution in [1.82, 2.24) is 29.7 Å². The van der Waals surface area contributed by atoms with Gasteiger partial charge in [0.1, 0.15) is 17.3 Å². The number of fused-ring (bicyclic) bond motifs is 1. The Morgan fingerprint density at radius 2 is 2.07 bits per heavy atom. The smallest absolute Gasteiger partial charge is 0.277 e. The molecule has 0 radical (unpaired) electrons. The van der Waals surface area contributed by atoms with Crippen molar-refractivity contribution in [1.29, 1.82) is 0 Å². The van der Waals surface area contributed by atoms with Gasteiger partial charge in [0.25, 0.3) is 5.91 Å². The fourth-order valence-corrected chi connectivity index (χ4v) is 3.61. The van der Waals surface area contributed by atoms with Crippen LogP contribution in [0.3, 0.4) is 0 Å². The van der Waals surface area contributed by atoms with Crippen molar-refractivity contribution in [3.63, 3.8) is 0 Å². The molecule has 4 heterocycles. The number of rotatable bonds is 5. The average molecular weight is 380 g/mol. The van der Waals surface area contributed by atoms with E-state index in [2.05, 4.69) is 35.5 Å². The number of hydrogen-bond acceptors (Lipinski definition) is 7. The third kappa shape index (κ3) is 3.65. The molecule has 1 saturated heterocycles. The summed E-state index contributed by atoms with van der Waals surface area (Å²) in [7, 11) is 1.97. The molecule has 3 aromatic rings. The van der Waals surface area contributed by atoms with Crippen LogP contribution in [0.15, 0.2) is 24.8 Å². The van der Waals surface area contributed by atoms with Gasteiger partial charge < -0.3 is 19.9 Å². The number of anilines is 2. The van der Waals surface area contributed by atoms with E-state index >= 15 is 0 Å². The maximum Gasteiger partial charge on any atom is 0.277 e. The van der Waals surface area contributed by atoms with Gasteiger partial charge in [0.15, 0.2) is 5.65 Å². The molecule has 1 amide bonds. The summed E-state index contributed by atoms with van der Waals surface area (Å²) in [5, 5.41) is 6.01. The van der Waals surface area contributed by atoms with Gasteiger partial charge in [-0.2, -0.15) is 0 Å². The van der Waals surface area contributed by atoms with Crippen LogP contribution in [0, 0.1) is 19.8 Å². The van der Waals surface area contributed by atoms with E-state index in [4.69, 9.17) is 0 Å². The molecule has 3 aromatic heterocycles. The number of nitrogens with zero attached hydrogens (tertiary/aromatic N) is 6. The number of hydrogen-bond donors (Lipinski definition) is 2. The summed E-state index contributed by atoms with van der Waals surface area (Å²) in [6.45, 7) is 6.69. The molecule has 9 nitrogen and oxygen atoms in total. The molecule has 0 aromatic carbocycles. The van der Waals surface area contributed by atoms with Crippen LogP contribution < -0.4 is 15.5 Å². The zero-order valence-corrected chi connectivity index (χ0v) is 16.3. The Morgan fingerprint density at radius 3 is 2.82 bits per heavy atom. The zero-order valence-electron chi connectivity index (χ0n) is 16.3. The second-order valence-corrected chi connectivity index (χ2v) is 7.20. The van der Waals surface area contributed by atoms with Crippen molar-refractivity contribution in [2.75, 3.05) is 36.9 Å². The monoisotopic (exact) mass is 380 g/mol. The average Bonchev–Trinajstić information content (AvgIpc) is 3.28. The third-order valence-corrected chi connectivity index (χ3v) is 4.94. The summed E-state index contributed by atoms with van der Waals surface area (Å²) < 4.78 is 1.86. The van der Waals surface area contributed by atoms with Crippen molar-refractivity contribution in [2.45, 2.75) is 20.3 Å². The second-order valence-electron chi connectivity index (χ2n) is 7.20. The first-order chi connectivity index (χ1) is 13.5. The highest BCUT2D eigenvalue weighted by atomic mass is 16.1. The molecule has 1 aliphatic heterocycles. The maximum atomic E-state index is 12.5. The maximum absolute atomic E-state index is 12.5. The summed E-state index contributed by atoms with van der Waals surface area (Å²) in [6.07, 6.45) is 7.95. The number of aromatic nitrogens is 5. The molecule has 4 rings (SSSR count). The van der Waals surface area contributed by atoms with Gasteiger partial charge >= 0.3 is 0 Å². The Morgan fingerprint density at radius 1 is 1.21 bits per heavy atom. The summed E-state index contributed by atoms with van der Waals surface area (Å²) in [5.74, 6) is 1.54. The number of aryl methyl sites for hydroxylation is 2. The van der Waals surface area contributed by atoms with E-state index in [1.807, 2.05) is 31.5 Å². The Balaban J connectivity index is 1.45. The van der Waals surface area contributed by atoms with Crippen molar-refractivity contribution in [2.24, 2.45) is 5.92 Å². The molecule has 2 N–H and O–H groups in total. The van der Waals surface area contributed by atoms with Crippen LogP contribution in [0.2, 0.25) is 0 Å². The lowest BCUT2D eigenvalue weighted by atomic mass is 10.1. The minimum Gasteiger partial charge on any atom is -0.355 e. The molecule has 146 valence electrons. The molecule has 1 fully saturated rings. The quantitative estimate of drug-likeness (QED) is 0.691. The first-order valence-corrected chi connectivity index (χ1v) is 9.39. The van der Waals surface area contributed by atoms with Crippen LogP contribution in [-0.2, 0) is 0 Å². The summed E-state index contributed by atoms with van der Waals surface area (Å²) in [4.78, 5) is 32.3. The molecule has 28 heavy (non-hydrogen) atoms. The Labute approximate surface area is 163 Å². The molecule has 1 atom stereocenters. The van der Waals surface area contributed by atoms with E-state index in [1.54, 1.807) is 12.4 Å². The van der Waals surface area contributed by atoms with Gasteiger partial charge in [-0.15, -0.1) is 0 Å².